The molecular weight excluding hydrogens is 320 g/mol. The fourth-order valence-electron chi connectivity index (χ4n) is 3.76. The zero-order chi connectivity index (χ0) is 18.6. The van der Waals surface area contributed by atoms with E-state index in [-0.39, 0.29) is 31.0 Å². The van der Waals surface area contributed by atoms with E-state index in [1.807, 2.05) is 42.8 Å². The number of rotatable bonds is 7. The van der Waals surface area contributed by atoms with Gasteiger partial charge in [0.25, 0.3) is 5.91 Å². The van der Waals surface area contributed by atoms with E-state index in [4.69, 9.17) is 9.84 Å². The lowest BCUT2D eigenvalue weighted by Gasteiger charge is -2.23. The van der Waals surface area contributed by atoms with Crippen molar-refractivity contribution >= 4 is 5.91 Å². The fraction of sp³-hybridized carbons (Fsp3) is 0.632. The smallest absolute Gasteiger partial charge is 0.253 e. The number of likely N-dealkylation sites (tertiary alicyclic amines) is 1. The Kier molecular flexibility index (Phi) is 6.81. The molecule has 1 aliphatic heterocycles. The molecule has 2 atom stereocenters. The standard InChI is InChI=1S/C19H30N2O4/c1-13-7-15(8-14(2)18(13)25-4)19(24)21-10-16(17(11-21)12-23)9-20(3)5-6-22/h7-8,16-17,22-23H,5-6,9-12H2,1-4H3/t16-,17-/m1/s1. The van der Waals surface area contributed by atoms with Gasteiger partial charge in [-0.3, -0.25) is 4.79 Å². The average Bonchev–Trinajstić information content (AvgIpc) is 2.96. The summed E-state index contributed by atoms with van der Waals surface area (Å²) in [6.45, 7) is 6.62. The van der Waals surface area contributed by atoms with Gasteiger partial charge in [-0.25, -0.2) is 0 Å². The fourth-order valence-corrected chi connectivity index (χ4v) is 3.76. The molecule has 6 nitrogen and oxygen atoms in total. The second-order valence-corrected chi connectivity index (χ2v) is 7.04. The number of methoxy groups -OCH3 is 1. The van der Waals surface area contributed by atoms with Crippen molar-refractivity contribution in [1.82, 2.24) is 9.80 Å². The third-order valence-corrected chi connectivity index (χ3v) is 5.04. The molecule has 2 N–H and O–H groups in total. The maximum absolute atomic E-state index is 12.9. The predicted molar refractivity (Wildman–Crippen MR) is 97.0 cm³/mol. The number of nitrogens with zero attached hydrogens (tertiary/aromatic N) is 2. The summed E-state index contributed by atoms with van der Waals surface area (Å²) in [4.78, 5) is 16.8. The Morgan fingerprint density at radius 3 is 2.36 bits per heavy atom. The number of likely N-dealkylation sites (N-methyl/N-ethyl adjacent to an activating group) is 1. The van der Waals surface area contributed by atoms with Gasteiger partial charge >= 0.3 is 0 Å². The second-order valence-electron chi connectivity index (χ2n) is 7.04. The number of amides is 1. The molecule has 0 aromatic heterocycles. The molecular formula is C19H30N2O4. The number of ether oxygens (including phenoxy) is 1. The molecule has 0 unspecified atom stereocenters. The molecule has 25 heavy (non-hydrogen) atoms. The number of carbonyl (C=O) groups is 1. The van der Waals surface area contributed by atoms with Crippen LogP contribution in [0.15, 0.2) is 12.1 Å². The zero-order valence-electron chi connectivity index (χ0n) is 15.7. The third kappa shape index (κ3) is 4.51. The molecule has 0 aliphatic carbocycles. The van der Waals surface area contributed by atoms with Crippen molar-refractivity contribution in [3.63, 3.8) is 0 Å². The Labute approximate surface area is 150 Å². The minimum atomic E-state index is -0.000357. The number of hydrogen-bond donors (Lipinski definition) is 2. The molecule has 1 aromatic carbocycles. The monoisotopic (exact) mass is 350 g/mol. The molecule has 1 heterocycles. The Balaban J connectivity index is 2.12. The van der Waals surface area contributed by atoms with Gasteiger partial charge in [0.2, 0.25) is 0 Å². The van der Waals surface area contributed by atoms with E-state index in [0.717, 1.165) is 23.4 Å². The summed E-state index contributed by atoms with van der Waals surface area (Å²) in [6, 6.07) is 3.74. The van der Waals surface area contributed by atoms with Crippen LogP contribution in [0.3, 0.4) is 0 Å². The number of hydrogen-bond acceptors (Lipinski definition) is 5. The minimum Gasteiger partial charge on any atom is -0.496 e. The number of benzene rings is 1. The first-order valence-corrected chi connectivity index (χ1v) is 8.76. The summed E-state index contributed by atoms with van der Waals surface area (Å²) in [6.07, 6.45) is 0. The summed E-state index contributed by atoms with van der Waals surface area (Å²) < 4.78 is 5.37. The lowest BCUT2D eigenvalue weighted by molar-refractivity contribution is 0.0778. The molecule has 1 fully saturated rings. The molecule has 1 saturated heterocycles. The van der Waals surface area contributed by atoms with Gasteiger partial charge in [0.1, 0.15) is 5.75 Å². The molecule has 0 bridgehead atoms. The number of aliphatic hydroxyl groups is 2. The predicted octanol–water partition coefficient (Wildman–Crippen LogP) is 0.917. The van der Waals surface area contributed by atoms with Crippen LogP contribution < -0.4 is 4.74 Å². The Morgan fingerprint density at radius 1 is 1.24 bits per heavy atom. The Morgan fingerprint density at radius 2 is 1.84 bits per heavy atom. The van der Waals surface area contributed by atoms with Crippen LogP contribution in [-0.4, -0.2) is 79.5 Å². The van der Waals surface area contributed by atoms with Crippen LogP contribution in [0.5, 0.6) is 5.75 Å². The van der Waals surface area contributed by atoms with E-state index < -0.39 is 0 Å². The van der Waals surface area contributed by atoms with E-state index in [9.17, 15) is 9.90 Å². The van der Waals surface area contributed by atoms with Gasteiger partial charge in [0, 0.05) is 44.3 Å². The van der Waals surface area contributed by atoms with E-state index >= 15 is 0 Å². The molecule has 0 saturated carbocycles. The quantitative estimate of drug-likeness (QED) is 0.765. The normalized spacial score (nSPS) is 20.4. The number of aryl methyl sites for hydroxylation is 2. The van der Waals surface area contributed by atoms with Gasteiger partial charge in [-0.1, -0.05) is 0 Å². The molecule has 1 aromatic rings. The van der Waals surface area contributed by atoms with Crippen LogP contribution >= 0.6 is 0 Å². The van der Waals surface area contributed by atoms with Crippen molar-refractivity contribution in [3.8, 4) is 5.75 Å². The van der Waals surface area contributed by atoms with Gasteiger partial charge in [0.15, 0.2) is 0 Å². The first-order valence-electron chi connectivity index (χ1n) is 8.76. The molecule has 1 aliphatic rings. The van der Waals surface area contributed by atoms with Crippen LogP contribution in [-0.2, 0) is 0 Å². The van der Waals surface area contributed by atoms with Gasteiger partial charge in [-0.05, 0) is 50.1 Å². The summed E-state index contributed by atoms with van der Waals surface area (Å²) in [7, 11) is 3.59. The van der Waals surface area contributed by atoms with Crippen LogP contribution in [0.2, 0.25) is 0 Å². The molecule has 1 amide bonds. The van der Waals surface area contributed by atoms with Crippen molar-refractivity contribution in [1.29, 1.82) is 0 Å². The van der Waals surface area contributed by atoms with Crippen molar-refractivity contribution < 1.29 is 19.7 Å². The van der Waals surface area contributed by atoms with Crippen LogP contribution in [0.25, 0.3) is 0 Å². The highest BCUT2D eigenvalue weighted by Crippen LogP contribution is 2.28. The molecule has 0 spiro atoms. The first-order chi connectivity index (χ1) is 11.9. The third-order valence-electron chi connectivity index (χ3n) is 5.04. The Bertz CT molecular complexity index is 582. The van der Waals surface area contributed by atoms with Crippen LogP contribution in [0.4, 0.5) is 0 Å². The van der Waals surface area contributed by atoms with Crippen LogP contribution in [0, 0.1) is 25.7 Å². The van der Waals surface area contributed by atoms with Crippen molar-refractivity contribution in [2.24, 2.45) is 11.8 Å². The van der Waals surface area contributed by atoms with Gasteiger partial charge < -0.3 is 24.7 Å². The lowest BCUT2D eigenvalue weighted by Crippen LogP contribution is -2.33. The second kappa shape index (κ2) is 8.65. The first kappa shape index (κ1) is 19.7. The zero-order valence-corrected chi connectivity index (χ0v) is 15.7. The van der Waals surface area contributed by atoms with Gasteiger partial charge in [-0.2, -0.15) is 0 Å². The maximum Gasteiger partial charge on any atom is 0.253 e. The van der Waals surface area contributed by atoms with E-state index in [1.54, 1.807) is 7.11 Å². The minimum absolute atomic E-state index is 0.000357. The number of aliphatic hydroxyl groups excluding tert-OH is 2. The Hall–Kier alpha value is -1.63. The highest BCUT2D eigenvalue weighted by molar-refractivity contribution is 5.95. The summed E-state index contributed by atoms with van der Waals surface area (Å²) >= 11 is 0. The highest BCUT2D eigenvalue weighted by atomic mass is 16.5. The number of carbonyl (C=O) groups excluding carboxylic acids is 1. The van der Waals surface area contributed by atoms with E-state index in [0.29, 0.717) is 25.2 Å². The van der Waals surface area contributed by atoms with E-state index in [1.165, 1.54) is 0 Å². The largest absolute Gasteiger partial charge is 0.496 e. The van der Waals surface area contributed by atoms with Gasteiger partial charge in [0.05, 0.1) is 13.7 Å². The SMILES string of the molecule is COc1c(C)cc(C(=O)N2C[C@@H](CN(C)CCO)[C@@H](CO)C2)cc1C. The lowest BCUT2D eigenvalue weighted by atomic mass is 9.96. The molecule has 0 radical (unpaired) electrons. The summed E-state index contributed by atoms with van der Waals surface area (Å²) in [5, 5.41) is 18.7. The maximum atomic E-state index is 12.9. The molecule has 140 valence electrons. The topological polar surface area (TPSA) is 73.2 Å². The van der Waals surface area contributed by atoms with E-state index in [2.05, 4.69) is 0 Å². The van der Waals surface area contributed by atoms with Crippen LogP contribution in [0.1, 0.15) is 21.5 Å². The summed E-state index contributed by atoms with van der Waals surface area (Å²) in [5.41, 5.74) is 2.56. The average molecular weight is 350 g/mol. The van der Waals surface area contributed by atoms with Crippen molar-refractivity contribution in [2.45, 2.75) is 13.8 Å². The molecule has 2 rings (SSSR count). The summed E-state index contributed by atoms with van der Waals surface area (Å²) in [5.74, 6) is 1.10. The van der Waals surface area contributed by atoms with Crippen molar-refractivity contribution in [2.75, 3.05) is 53.6 Å². The molecule has 6 heteroatoms. The van der Waals surface area contributed by atoms with Gasteiger partial charge in [-0.15, -0.1) is 0 Å². The highest BCUT2D eigenvalue weighted by Gasteiger charge is 2.35. The van der Waals surface area contributed by atoms with Crippen molar-refractivity contribution in [3.05, 3.63) is 28.8 Å².